The largest absolute Gasteiger partial charge is 0.497 e. The third-order valence-electron chi connectivity index (χ3n) is 3.17. The summed E-state index contributed by atoms with van der Waals surface area (Å²) in [5, 5.41) is 9.48. The molecular formula is C13H18NO5P. The smallest absolute Gasteiger partial charge is 0.318 e. The molecule has 6 nitrogen and oxygen atoms in total. The third kappa shape index (κ3) is 3.20. The molecule has 0 aliphatic carbocycles. The van der Waals surface area contributed by atoms with Gasteiger partial charge in [0.25, 0.3) is 0 Å². The maximum Gasteiger partial charge on any atom is 0.318 e. The summed E-state index contributed by atoms with van der Waals surface area (Å²) >= 11 is 0. The molecule has 1 saturated heterocycles. The zero-order chi connectivity index (χ0) is 14.6. The van der Waals surface area contributed by atoms with Gasteiger partial charge < -0.3 is 14.4 Å². The van der Waals surface area contributed by atoms with E-state index < -0.39 is 13.5 Å². The zero-order valence-electron chi connectivity index (χ0n) is 11.3. The van der Waals surface area contributed by atoms with Crippen molar-refractivity contribution in [1.29, 1.82) is 0 Å². The fourth-order valence-corrected chi connectivity index (χ4v) is 4.39. The first-order valence-corrected chi connectivity index (χ1v) is 8.00. The predicted octanol–water partition coefficient (Wildman–Crippen LogP) is 1.71. The molecule has 1 aromatic rings. The van der Waals surface area contributed by atoms with E-state index in [4.69, 9.17) is 14.4 Å². The van der Waals surface area contributed by atoms with Gasteiger partial charge in [-0.3, -0.25) is 9.36 Å². The average Bonchev–Trinajstić information content (AvgIpc) is 2.62. The Balaban J connectivity index is 2.34. The molecule has 0 saturated carbocycles. The minimum absolute atomic E-state index is 0.288. The van der Waals surface area contributed by atoms with Gasteiger partial charge in [-0.1, -0.05) is 0 Å². The first-order chi connectivity index (χ1) is 9.56. The summed E-state index contributed by atoms with van der Waals surface area (Å²) in [4.78, 5) is 11.0. The van der Waals surface area contributed by atoms with Crippen LogP contribution >= 0.6 is 7.52 Å². The van der Waals surface area contributed by atoms with Gasteiger partial charge in [0.1, 0.15) is 12.3 Å². The molecule has 0 amide bonds. The van der Waals surface area contributed by atoms with Crippen LogP contribution in [0.4, 0.5) is 0 Å². The molecule has 1 atom stereocenters. The maximum atomic E-state index is 13.1. The van der Waals surface area contributed by atoms with Crippen LogP contribution in [0.3, 0.4) is 0 Å². The molecule has 20 heavy (non-hydrogen) atoms. The summed E-state index contributed by atoms with van der Waals surface area (Å²) in [6, 6.07) is 6.73. The van der Waals surface area contributed by atoms with Gasteiger partial charge in [-0.05, 0) is 37.1 Å². The highest BCUT2D eigenvalue weighted by Gasteiger charge is 2.36. The van der Waals surface area contributed by atoms with E-state index in [0.29, 0.717) is 24.2 Å². The van der Waals surface area contributed by atoms with Gasteiger partial charge in [0.15, 0.2) is 0 Å². The van der Waals surface area contributed by atoms with Crippen molar-refractivity contribution in [3.05, 3.63) is 24.3 Å². The summed E-state index contributed by atoms with van der Waals surface area (Å²) in [5.74, 6) is -0.357. The Morgan fingerprint density at radius 3 is 2.70 bits per heavy atom. The Bertz CT molecular complexity index is 516. The monoisotopic (exact) mass is 299 g/mol. The average molecular weight is 299 g/mol. The van der Waals surface area contributed by atoms with E-state index in [9.17, 15) is 9.36 Å². The van der Waals surface area contributed by atoms with Gasteiger partial charge in [0.2, 0.25) is 0 Å². The number of carboxylic acid groups (broad SMARTS) is 1. The van der Waals surface area contributed by atoms with Crippen molar-refractivity contribution in [2.24, 2.45) is 0 Å². The second kappa shape index (κ2) is 6.39. The van der Waals surface area contributed by atoms with Crippen LogP contribution in [0.2, 0.25) is 0 Å². The molecule has 1 N–H and O–H groups in total. The topological polar surface area (TPSA) is 76.1 Å². The minimum atomic E-state index is -3.31. The second-order valence-corrected chi connectivity index (χ2v) is 6.92. The highest BCUT2D eigenvalue weighted by molar-refractivity contribution is 7.64. The summed E-state index contributed by atoms with van der Waals surface area (Å²) in [5.41, 5.74) is 0. The van der Waals surface area contributed by atoms with Crippen molar-refractivity contribution in [2.75, 3.05) is 26.8 Å². The van der Waals surface area contributed by atoms with E-state index in [1.165, 1.54) is 4.67 Å². The number of hydrogen-bond acceptors (Lipinski definition) is 4. The predicted molar refractivity (Wildman–Crippen MR) is 74.6 cm³/mol. The minimum Gasteiger partial charge on any atom is -0.497 e. The quantitative estimate of drug-likeness (QED) is 0.853. The molecule has 1 aliphatic heterocycles. The second-order valence-electron chi connectivity index (χ2n) is 4.54. The van der Waals surface area contributed by atoms with Crippen molar-refractivity contribution in [2.45, 2.75) is 12.8 Å². The lowest BCUT2D eigenvalue weighted by atomic mass is 10.3. The van der Waals surface area contributed by atoms with Crippen molar-refractivity contribution < 1.29 is 23.7 Å². The molecule has 1 unspecified atom stereocenters. The standard InChI is InChI=1S/C13H18NO5P/c1-18-11-4-6-12(7-5-11)20(17)14(10-13(15)16)8-2-3-9-19-20/h4-7H,2-3,8-10H2,1H3,(H,15,16). The molecule has 110 valence electrons. The first-order valence-electron chi connectivity index (χ1n) is 6.42. The van der Waals surface area contributed by atoms with Crippen molar-refractivity contribution in [3.63, 3.8) is 0 Å². The van der Waals surface area contributed by atoms with Crippen LogP contribution in [0, 0.1) is 0 Å². The number of carbonyl (C=O) groups is 1. The molecule has 1 fully saturated rings. The highest BCUT2D eigenvalue weighted by Crippen LogP contribution is 2.51. The van der Waals surface area contributed by atoms with Crippen LogP contribution in [-0.2, 0) is 13.9 Å². The summed E-state index contributed by atoms with van der Waals surface area (Å²) < 4.78 is 25.2. The number of carboxylic acids is 1. The third-order valence-corrected chi connectivity index (χ3v) is 5.74. The van der Waals surface area contributed by atoms with Crippen LogP contribution in [0.1, 0.15) is 12.8 Å². The Morgan fingerprint density at radius 2 is 2.10 bits per heavy atom. The fourth-order valence-electron chi connectivity index (χ4n) is 2.13. The molecule has 1 heterocycles. The van der Waals surface area contributed by atoms with Crippen molar-refractivity contribution in [3.8, 4) is 5.75 Å². The summed E-state index contributed by atoms with van der Waals surface area (Å²) in [6.45, 7) is 0.540. The Kier molecular flexibility index (Phi) is 4.81. The number of aliphatic carboxylic acids is 1. The van der Waals surface area contributed by atoms with Crippen LogP contribution in [0.15, 0.2) is 24.3 Å². The zero-order valence-corrected chi connectivity index (χ0v) is 12.2. The lowest BCUT2D eigenvalue weighted by molar-refractivity contribution is -0.137. The molecule has 0 aromatic heterocycles. The first kappa shape index (κ1) is 15.0. The fraction of sp³-hybridized carbons (Fsp3) is 0.462. The lowest BCUT2D eigenvalue weighted by Gasteiger charge is -2.27. The van der Waals surface area contributed by atoms with Gasteiger partial charge in [-0.25, -0.2) is 4.67 Å². The van der Waals surface area contributed by atoms with E-state index in [-0.39, 0.29) is 6.54 Å². The molecule has 0 bridgehead atoms. The van der Waals surface area contributed by atoms with Gasteiger partial charge in [0, 0.05) is 6.54 Å². The molecule has 7 heteroatoms. The van der Waals surface area contributed by atoms with Crippen LogP contribution < -0.4 is 10.0 Å². The Hall–Kier alpha value is -1.36. The SMILES string of the molecule is COc1ccc(P2(=O)OCCCCN2CC(=O)O)cc1. The number of nitrogens with zero attached hydrogens (tertiary/aromatic N) is 1. The normalized spacial score (nSPS) is 24.1. The molecule has 2 rings (SSSR count). The van der Waals surface area contributed by atoms with E-state index >= 15 is 0 Å². The van der Waals surface area contributed by atoms with E-state index in [1.54, 1.807) is 31.4 Å². The lowest BCUT2D eigenvalue weighted by Crippen LogP contribution is -2.31. The van der Waals surface area contributed by atoms with Crippen molar-refractivity contribution in [1.82, 2.24) is 4.67 Å². The van der Waals surface area contributed by atoms with E-state index in [0.717, 1.165) is 12.8 Å². The number of benzene rings is 1. The van der Waals surface area contributed by atoms with Crippen LogP contribution in [0.5, 0.6) is 5.75 Å². The summed E-state index contributed by atoms with van der Waals surface area (Å²) in [7, 11) is -1.76. The van der Waals surface area contributed by atoms with Crippen LogP contribution in [0.25, 0.3) is 0 Å². The molecule has 1 aliphatic rings. The van der Waals surface area contributed by atoms with Crippen LogP contribution in [-0.4, -0.2) is 42.6 Å². The van der Waals surface area contributed by atoms with Gasteiger partial charge in [-0.2, -0.15) is 0 Å². The maximum absolute atomic E-state index is 13.1. The highest BCUT2D eigenvalue weighted by atomic mass is 31.2. The van der Waals surface area contributed by atoms with E-state index in [2.05, 4.69) is 0 Å². The molecule has 1 aromatic carbocycles. The number of ether oxygens (including phenoxy) is 1. The number of methoxy groups -OCH3 is 1. The molecule has 0 radical (unpaired) electrons. The van der Waals surface area contributed by atoms with E-state index in [1.807, 2.05) is 0 Å². The molecule has 0 spiro atoms. The number of rotatable bonds is 4. The van der Waals surface area contributed by atoms with Gasteiger partial charge in [-0.15, -0.1) is 0 Å². The Morgan fingerprint density at radius 1 is 1.40 bits per heavy atom. The van der Waals surface area contributed by atoms with Gasteiger partial charge >= 0.3 is 13.5 Å². The number of hydrogen-bond donors (Lipinski definition) is 1. The summed E-state index contributed by atoms with van der Waals surface area (Å²) in [6.07, 6.45) is 1.55. The van der Waals surface area contributed by atoms with Gasteiger partial charge in [0.05, 0.1) is 19.0 Å². The Labute approximate surface area is 117 Å². The van der Waals surface area contributed by atoms with Crippen molar-refractivity contribution >= 4 is 18.8 Å². The molecular weight excluding hydrogens is 281 g/mol.